The second kappa shape index (κ2) is 5.37. The number of alkyl halides is 5. The molecule has 0 radical (unpaired) electrons. The highest BCUT2D eigenvalue weighted by molar-refractivity contribution is 5.89. The Morgan fingerprint density at radius 1 is 1.32 bits per heavy atom. The molecule has 0 aromatic carbocycles. The van der Waals surface area contributed by atoms with E-state index in [-0.39, 0.29) is 0 Å². The summed E-state index contributed by atoms with van der Waals surface area (Å²) in [5.41, 5.74) is -4.33. The van der Waals surface area contributed by atoms with Crippen molar-refractivity contribution in [2.24, 2.45) is 0 Å². The van der Waals surface area contributed by atoms with E-state index in [9.17, 15) is 26.7 Å². The molecule has 0 aliphatic heterocycles. The van der Waals surface area contributed by atoms with Crippen LogP contribution < -0.4 is 4.74 Å². The predicted octanol–water partition coefficient (Wildman–Crippen LogP) is 2.83. The van der Waals surface area contributed by atoms with E-state index in [1.165, 1.54) is 0 Å². The molecule has 4 nitrogen and oxygen atoms in total. The Hall–Kier alpha value is -1.93. The monoisotopic (exact) mass is 285 g/mol. The smallest absolute Gasteiger partial charge is 0.417 e. The van der Waals surface area contributed by atoms with E-state index in [1.54, 1.807) is 0 Å². The third kappa shape index (κ3) is 3.09. The van der Waals surface area contributed by atoms with Crippen LogP contribution in [0.2, 0.25) is 0 Å². The molecule has 0 N–H and O–H groups in total. The zero-order valence-electron chi connectivity index (χ0n) is 9.72. The van der Waals surface area contributed by atoms with E-state index in [4.69, 9.17) is 0 Å². The van der Waals surface area contributed by atoms with Crippen LogP contribution in [0.3, 0.4) is 0 Å². The zero-order valence-corrected chi connectivity index (χ0v) is 9.72. The van der Waals surface area contributed by atoms with E-state index in [0.29, 0.717) is 6.07 Å². The van der Waals surface area contributed by atoms with Crippen LogP contribution in [0.4, 0.5) is 22.0 Å². The van der Waals surface area contributed by atoms with Crippen LogP contribution in [0.25, 0.3) is 0 Å². The molecule has 1 rings (SSSR count). The second-order valence-electron chi connectivity index (χ2n) is 3.26. The lowest BCUT2D eigenvalue weighted by Crippen LogP contribution is -2.17. The number of rotatable bonds is 3. The molecular weight excluding hydrogens is 277 g/mol. The molecule has 1 heterocycles. The summed E-state index contributed by atoms with van der Waals surface area (Å²) >= 11 is 0. The minimum atomic E-state index is -5.08. The van der Waals surface area contributed by atoms with Crippen molar-refractivity contribution in [3.8, 4) is 5.88 Å². The first-order valence-corrected chi connectivity index (χ1v) is 4.75. The molecular formula is C10H8F5NO3. The molecule has 0 atom stereocenters. The average Bonchev–Trinajstić information content (AvgIpc) is 2.34. The highest BCUT2D eigenvalue weighted by atomic mass is 19.4. The molecule has 0 saturated carbocycles. The Kier molecular flexibility index (Phi) is 4.28. The molecule has 0 saturated heterocycles. The van der Waals surface area contributed by atoms with Gasteiger partial charge in [-0.2, -0.15) is 13.2 Å². The maximum absolute atomic E-state index is 12.8. The van der Waals surface area contributed by atoms with Crippen LogP contribution in [0, 0.1) is 0 Å². The number of methoxy groups -OCH3 is 2. The number of aromatic nitrogens is 1. The summed E-state index contributed by atoms with van der Waals surface area (Å²) in [6.45, 7) is 0. The molecule has 0 aliphatic rings. The molecule has 1 aromatic heterocycles. The maximum Gasteiger partial charge on any atom is 0.417 e. The van der Waals surface area contributed by atoms with E-state index in [2.05, 4.69) is 14.5 Å². The van der Waals surface area contributed by atoms with Crippen LogP contribution >= 0.6 is 0 Å². The van der Waals surface area contributed by atoms with Crippen molar-refractivity contribution in [3.05, 3.63) is 22.9 Å². The topological polar surface area (TPSA) is 48.4 Å². The highest BCUT2D eigenvalue weighted by Crippen LogP contribution is 2.39. The summed E-state index contributed by atoms with van der Waals surface area (Å²) in [4.78, 5) is 14.5. The van der Waals surface area contributed by atoms with Crippen molar-refractivity contribution in [2.75, 3.05) is 14.2 Å². The van der Waals surface area contributed by atoms with Crippen LogP contribution in [-0.4, -0.2) is 25.2 Å². The summed E-state index contributed by atoms with van der Waals surface area (Å²) in [5.74, 6) is -2.02. The van der Waals surface area contributed by atoms with Crippen LogP contribution in [-0.2, 0) is 10.9 Å². The SMILES string of the molecule is COC(=O)c1nc(OC)cc(C(F)(F)F)c1C(F)F. The normalized spacial score (nSPS) is 11.6. The van der Waals surface area contributed by atoms with Gasteiger partial charge in [0.05, 0.1) is 25.3 Å². The fraction of sp³-hybridized carbons (Fsp3) is 0.400. The number of esters is 1. The second-order valence-corrected chi connectivity index (χ2v) is 3.26. The first-order valence-electron chi connectivity index (χ1n) is 4.75. The van der Waals surface area contributed by atoms with Crippen molar-refractivity contribution in [1.29, 1.82) is 0 Å². The largest absolute Gasteiger partial charge is 0.481 e. The van der Waals surface area contributed by atoms with Gasteiger partial charge in [-0.1, -0.05) is 0 Å². The minimum Gasteiger partial charge on any atom is -0.481 e. The van der Waals surface area contributed by atoms with Gasteiger partial charge in [0.1, 0.15) is 0 Å². The molecule has 9 heteroatoms. The van der Waals surface area contributed by atoms with E-state index in [0.717, 1.165) is 14.2 Å². The molecule has 0 fully saturated rings. The van der Waals surface area contributed by atoms with Crippen molar-refractivity contribution < 1.29 is 36.2 Å². The lowest BCUT2D eigenvalue weighted by Gasteiger charge is -2.16. The maximum atomic E-state index is 12.8. The van der Waals surface area contributed by atoms with E-state index >= 15 is 0 Å². The highest BCUT2D eigenvalue weighted by Gasteiger charge is 2.40. The number of hydrogen-bond acceptors (Lipinski definition) is 4. The predicted molar refractivity (Wildman–Crippen MR) is 52.1 cm³/mol. The van der Waals surface area contributed by atoms with Crippen LogP contribution in [0.1, 0.15) is 28.0 Å². The zero-order chi connectivity index (χ0) is 14.8. The summed E-state index contributed by atoms with van der Waals surface area (Å²) in [5, 5.41) is 0. The summed E-state index contributed by atoms with van der Waals surface area (Å²) in [6, 6.07) is 0.300. The van der Waals surface area contributed by atoms with Crippen LogP contribution in [0.5, 0.6) is 5.88 Å². The fourth-order valence-corrected chi connectivity index (χ4v) is 1.34. The first kappa shape index (κ1) is 15.1. The van der Waals surface area contributed by atoms with Crippen molar-refractivity contribution >= 4 is 5.97 Å². The van der Waals surface area contributed by atoms with Gasteiger partial charge in [0.25, 0.3) is 6.43 Å². The van der Waals surface area contributed by atoms with E-state index < -0.39 is 41.3 Å². The van der Waals surface area contributed by atoms with Gasteiger partial charge in [0.15, 0.2) is 5.69 Å². The van der Waals surface area contributed by atoms with Gasteiger partial charge < -0.3 is 9.47 Å². The third-order valence-electron chi connectivity index (χ3n) is 2.15. The lowest BCUT2D eigenvalue weighted by atomic mass is 10.1. The summed E-state index contributed by atoms with van der Waals surface area (Å²) < 4.78 is 72.2. The molecule has 19 heavy (non-hydrogen) atoms. The first-order chi connectivity index (χ1) is 8.72. The van der Waals surface area contributed by atoms with Gasteiger partial charge in [0.2, 0.25) is 5.88 Å². The lowest BCUT2D eigenvalue weighted by molar-refractivity contribution is -0.139. The Balaban J connectivity index is 3.65. The van der Waals surface area contributed by atoms with Crippen molar-refractivity contribution in [1.82, 2.24) is 4.98 Å². The Morgan fingerprint density at radius 3 is 2.26 bits per heavy atom. The molecule has 0 bridgehead atoms. The number of pyridine rings is 1. The number of halogens is 5. The number of hydrogen-bond donors (Lipinski definition) is 0. The molecule has 1 aromatic rings. The van der Waals surface area contributed by atoms with Gasteiger partial charge in [-0.05, 0) is 0 Å². The summed E-state index contributed by atoms with van der Waals surface area (Å²) in [6.07, 6.45) is -8.62. The number of carbonyl (C=O) groups is 1. The van der Waals surface area contributed by atoms with Gasteiger partial charge in [-0.25, -0.2) is 18.6 Å². The number of nitrogens with zero attached hydrogens (tertiary/aromatic N) is 1. The minimum absolute atomic E-state index is 0.300. The third-order valence-corrected chi connectivity index (χ3v) is 2.15. The Labute approximate surface area is 104 Å². The van der Waals surface area contributed by atoms with Gasteiger partial charge >= 0.3 is 12.1 Å². The van der Waals surface area contributed by atoms with Crippen molar-refractivity contribution in [2.45, 2.75) is 12.6 Å². The number of ether oxygens (including phenoxy) is 2. The van der Waals surface area contributed by atoms with Gasteiger partial charge in [0, 0.05) is 6.07 Å². The van der Waals surface area contributed by atoms with E-state index in [1.807, 2.05) is 0 Å². The fourth-order valence-electron chi connectivity index (χ4n) is 1.34. The molecule has 0 aliphatic carbocycles. The molecule has 106 valence electrons. The van der Waals surface area contributed by atoms with Crippen molar-refractivity contribution in [3.63, 3.8) is 0 Å². The number of carbonyl (C=O) groups excluding carboxylic acids is 1. The van der Waals surface area contributed by atoms with Gasteiger partial charge in [-0.15, -0.1) is 0 Å². The standard InChI is InChI=1S/C10H8F5NO3/c1-18-5-3-4(10(13,14)15)6(8(11)12)7(16-5)9(17)19-2/h3,8H,1-2H3. The molecule has 0 unspecified atom stereocenters. The average molecular weight is 285 g/mol. The van der Waals surface area contributed by atoms with Gasteiger partial charge in [-0.3, -0.25) is 0 Å². The summed E-state index contributed by atoms with van der Waals surface area (Å²) in [7, 11) is 1.83. The molecule has 0 amide bonds. The molecule has 0 spiro atoms. The quantitative estimate of drug-likeness (QED) is 0.633. The van der Waals surface area contributed by atoms with Crippen LogP contribution in [0.15, 0.2) is 6.07 Å². The Bertz CT molecular complexity index is 487. The Morgan fingerprint density at radius 2 is 1.89 bits per heavy atom.